The maximum absolute atomic E-state index is 12.5. The Hall–Kier alpha value is -1.84. The Morgan fingerprint density at radius 1 is 1.20 bits per heavy atom. The van der Waals surface area contributed by atoms with Crippen LogP contribution in [0.2, 0.25) is 0 Å². The van der Waals surface area contributed by atoms with Crippen LogP contribution in [0.15, 0.2) is 18.2 Å². The molecule has 140 valence electrons. The van der Waals surface area contributed by atoms with Crippen molar-refractivity contribution in [2.45, 2.75) is 12.8 Å². The molecule has 1 aliphatic heterocycles. The molecule has 9 heteroatoms. The fraction of sp³-hybridized carbons (Fsp3) is 0.562. The number of methoxy groups -OCH3 is 2. The summed E-state index contributed by atoms with van der Waals surface area (Å²) in [5.74, 6) is 0.781. The van der Waals surface area contributed by atoms with Crippen LogP contribution in [0.3, 0.4) is 0 Å². The minimum absolute atomic E-state index is 0.134. The summed E-state index contributed by atoms with van der Waals surface area (Å²) in [7, 11) is 2.66. The van der Waals surface area contributed by atoms with Crippen LogP contribution in [0, 0.1) is 5.92 Å². The number of benzene rings is 1. The number of carbonyl (C=O) groups excluding carboxylic acids is 1. The monoisotopic (exact) mass is 371 g/mol. The summed E-state index contributed by atoms with van der Waals surface area (Å²) < 4.78 is 37.3. The van der Waals surface area contributed by atoms with Gasteiger partial charge in [0.25, 0.3) is 10.2 Å². The molecule has 1 amide bonds. The standard InChI is InChI=1S/C16H25N3O5S/c1-18(2)25(21,22)19-9-7-12(8-10-19)16(20)17-14-6-5-13(23-3)11-15(14)24-4/h5-6,11-12H,7-10H2,1-4H3,(H,17,20). The second kappa shape index (κ2) is 8.03. The molecule has 8 nitrogen and oxygen atoms in total. The van der Waals surface area contributed by atoms with Crippen LogP contribution in [0.5, 0.6) is 11.5 Å². The predicted molar refractivity (Wildman–Crippen MR) is 95.1 cm³/mol. The zero-order valence-corrected chi connectivity index (χ0v) is 15.8. The third kappa shape index (κ3) is 4.42. The average molecular weight is 371 g/mol. The zero-order chi connectivity index (χ0) is 18.6. The average Bonchev–Trinajstić information content (AvgIpc) is 2.61. The van der Waals surface area contributed by atoms with Crippen molar-refractivity contribution in [3.63, 3.8) is 0 Å². The van der Waals surface area contributed by atoms with Crippen molar-refractivity contribution < 1.29 is 22.7 Å². The van der Waals surface area contributed by atoms with Gasteiger partial charge in [-0.25, -0.2) is 0 Å². The molecule has 2 rings (SSSR count). The van der Waals surface area contributed by atoms with Gasteiger partial charge in [0.2, 0.25) is 5.91 Å². The summed E-state index contributed by atoms with van der Waals surface area (Å²) >= 11 is 0. The van der Waals surface area contributed by atoms with Gasteiger partial charge in [-0.3, -0.25) is 4.79 Å². The minimum Gasteiger partial charge on any atom is -0.497 e. The van der Waals surface area contributed by atoms with Gasteiger partial charge in [-0.2, -0.15) is 17.0 Å². The number of amides is 1. The molecule has 1 heterocycles. The number of anilines is 1. The third-order valence-corrected chi connectivity index (χ3v) is 6.22. The van der Waals surface area contributed by atoms with E-state index in [0.29, 0.717) is 43.1 Å². The first-order valence-corrected chi connectivity index (χ1v) is 9.39. The van der Waals surface area contributed by atoms with Crippen LogP contribution in [0.25, 0.3) is 0 Å². The summed E-state index contributed by atoms with van der Waals surface area (Å²) in [6.07, 6.45) is 0.967. The van der Waals surface area contributed by atoms with E-state index in [1.165, 1.54) is 29.8 Å². The maximum Gasteiger partial charge on any atom is 0.281 e. The van der Waals surface area contributed by atoms with E-state index in [-0.39, 0.29) is 11.8 Å². The smallest absolute Gasteiger partial charge is 0.281 e. The molecular weight excluding hydrogens is 346 g/mol. The molecule has 0 aromatic heterocycles. The van der Waals surface area contributed by atoms with Gasteiger partial charge in [0.1, 0.15) is 11.5 Å². The van der Waals surface area contributed by atoms with Gasteiger partial charge >= 0.3 is 0 Å². The van der Waals surface area contributed by atoms with Crippen LogP contribution in [-0.4, -0.2) is 64.3 Å². The van der Waals surface area contributed by atoms with E-state index in [1.54, 1.807) is 25.3 Å². The summed E-state index contributed by atoms with van der Waals surface area (Å²) in [5.41, 5.74) is 0.566. The first-order valence-electron chi connectivity index (χ1n) is 8.00. The molecule has 0 spiro atoms. The summed E-state index contributed by atoms with van der Waals surface area (Å²) in [6, 6.07) is 5.16. The zero-order valence-electron chi connectivity index (χ0n) is 15.0. The Balaban J connectivity index is 2.00. The molecule has 0 atom stereocenters. The molecule has 0 saturated carbocycles. The first kappa shape index (κ1) is 19.5. The minimum atomic E-state index is -3.43. The van der Waals surface area contributed by atoms with Gasteiger partial charge in [0, 0.05) is 39.2 Å². The Morgan fingerprint density at radius 2 is 1.84 bits per heavy atom. The number of ether oxygens (including phenoxy) is 2. The molecule has 1 fully saturated rings. The van der Waals surface area contributed by atoms with Crippen LogP contribution < -0.4 is 14.8 Å². The molecule has 25 heavy (non-hydrogen) atoms. The number of piperidine rings is 1. The highest BCUT2D eigenvalue weighted by molar-refractivity contribution is 7.86. The van der Waals surface area contributed by atoms with Gasteiger partial charge in [0.15, 0.2) is 0 Å². The lowest BCUT2D eigenvalue weighted by Gasteiger charge is -2.32. The number of nitrogens with zero attached hydrogens (tertiary/aromatic N) is 2. The largest absolute Gasteiger partial charge is 0.497 e. The maximum atomic E-state index is 12.5. The molecule has 1 N–H and O–H groups in total. The number of rotatable bonds is 6. The van der Waals surface area contributed by atoms with Crippen molar-refractivity contribution in [3.05, 3.63) is 18.2 Å². The highest BCUT2D eigenvalue weighted by atomic mass is 32.2. The lowest BCUT2D eigenvalue weighted by Crippen LogP contribution is -2.46. The summed E-state index contributed by atoms with van der Waals surface area (Å²) in [5, 5.41) is 2.86. The fourth-order valence-corrected chi connectivity index (χ4v) is 3.85. The molecule has 0 aliphatic carbocycles. The number of carbonyl (C=O) groups is 1. The van der Waals surface area contributed by atoms with Crippen LogP contribution >= 0.6 is 0 Å². The first-order chi connectivity index (χ1) is 11.8. The molecule has 1 aliphatic rings. The van der Waals surface area contributed by atoms with Crippen LogP contribution in [0.1, 0.15) is 12.8 Å². The van der Waals surface area contributed by atoms with E-state index in [4.69, 9.17) is 9.47 Å². The Kier molecular flexibility index (Phi) is 6.26. The van der Waals surface area contributed by atoms with E-state index in [0.717, 1.165) is 0 Å². The number of hydrogen-bond donors (Lipinski definition) is 1. The lowest BCUT2D eigenvalue weighted by atomic mass is 9.97. The Bertz CT molecular complexity index is 712. The predicted octanol–water partition coefficient (Wildman–Crippen LogP) is 1.16. The lowest BCUT2D eigenvalue weighted by molar-refractivity contribution is -0.120. The molecule has 0 bridgehead atoms. The molecule has 1 aromatic carbocycles. The Morgan fingerprint density at radius 3 is 2.36 bits per heavy atom. The SMILES string of the molecule is COc1ccc(NC(=O)C2CCN(S(=O)(=O)N(C)C)CC2)c(OC)c1. The molecule has 0 radical (unpaired) electrons. The topological polar surface area (TPSA) is 88.2 Å². The van der Waals surface area contributed by atoms with E-state index < -0.39 is 10.2 Å². The van der Waals surface area contributed by atoms with Gasteiger partial charge in [-0.15, -0.1) is 0 Å². The van der Waals surface area contributed by atoms with Crippen LogP contribution in [0.4, 0.5) is 5.69 Å². The van der Waals surface area contributed by atoms with E-state index in [2.05, 4.69) is 5.32 Å². The third-order valence-electron chi connectivity index (χ3n) is 4.28. The van der Waals surface area contributed by atoms with Gasteiger partial charge in [-0.1, -0.05) is 0 Å². The van der Waals surface area contributed by atoms with E-state index in [1.807, 2.05) is 0 Å². The van der Waals surface area contributed by atoms with Crippen molar-refractivity contribution in [3.8, 4) is 11.5 Å². The van der Waals surface area contributed by atoms with E-state index >= 15 is 0 Å². The number of hydrogen-bond acceptors (Lipinski definition) is 5. The molecule has 0 unspecified atom stereocenters. The van der Waals surface area contributed by atoms with Crippen molar-refractivity contribution >= 4 is 21.8 Å². The molecule has 1 saturated heterocycles. The van der Waals surface area contributed by atoms with Crippen LogP contribution in [-0.2, 0) is 15.0 Å². The van der Waals surface area contributed by atoms with Crippen molar-refractivity contribution in [2.75, 3.05) is 46.7 Å². The quantitative estimate of drug-likeness (QED) is 0.811. The summed E-state index contributed by atoms with van der Waals surface area (Å²) in [4.78, 5) is 12.5. The number of nitrogens with one attached hydrogen (secondary N) is 1. The van der Waals surface area contributed by atoms with Crippen molar-refractivity contribution in [2.24, 2.45) is 5.92 Å². The van der Waals surface area contributed by atoms with Gasteiger partial charge in [0.05, 0.1) is 19.9 Å². The molecular formula is C16H25N3O5S. The Labute approximate surface area is 148 Å². The van der Waals surface area contributed by atoms with Gasteiger partial charge < -0.3 is 14.8 Å². The highest BCUT2D eigenvalue weighted by Gasteiger charge is 2.32. The molecule has 1 aromatic rings. The van der Waals surface area contributed by atoms with Gasteiger partial charge in [-0.05, 0) is 25.0 Å². The fourth-order valence-electron chi connectivity index (χ4n) is 2.72. The van der Waals surface area contributed by atoms with E-state index in [9.17, 15) is 13.2 Å². The second-order valence-electron chi connectivity index (χ2n) is 6.02. The summed E-state index contributed by atoms with van der Waals surface area (Å²) in [6.45, 7) is 0.663. The second-order valence-corrected chi connectivity index (χ2v) is 8.16. The van der Waals surface area contributed by atoms with Crippen molar-refractivity contribution in [1.82, 2.24) is 8.61 Å². The normalized spacial score (nSPS) is 16.7. The highest BCUT2D eigenvalue weighted by Crippen LogP contribution is 2.30. The van der Waals surface area contributed by atoms with Crippen molar-refractivity contribution in [1.29, 1.82) is 0 Å².